The van der Waals surface area contributed by atoms with Gasteiger partial charge in [-0.15, -0.1) is 0 Å². The summed E-state index contributed by atoms with van der Waals surface area (Å²) in [6.07, 6.45) is 1.47. The SMILES string of the molecule is COC(=O)c1ccccc1-c1ccnc2c1C(=O)c1ccccc1C2=O. The third-order valence-corrected chi connectivity index (χ3v) is 4.43. The zero-order chi connectivity index (χ0) is 18.3. The predicted octanol–water partition coefficient (Wildman–Crippen LogP) is 3.31. The smallest absolute Gasteiger partial charge is 0.338 e. The van der Waals surface area contributed by atoms with E-state index in [0.717, 1.165) is 0 Å². The molecule has 0 saturated carbocycles. The summed E-state index contributed by atoms with van der Waals surface area (Å²) in [7, 11) is 1.30. The Kier molecular flexibility index (Phi) is 3.69. The van der Waals surface area contributed by atoms with Gasteiger partial charge in [-0.1, -0.05) is 42.5 Å². The first-order valence-electron chi connectivity index (χ1n) is 7.98. The van der Waals surface area contributed by atoms with Gasteiger partial charge in [-0.2, -0.15) is 0 Å². The number of carbonyl (C=O) groups excluding carboxylic acids is 3. The Hall–Kier alpha value is -3.60. The summed E-state index contributed by atoms with van der Waals surface area (Å²) in [5, 5.41) is 0. The summed E-state index contributed by atoms with van der Waals surface area (Å²) >= 11 is 0. The molecule has 0 aliphatic heterocycles. The van der Waals surface area contributed by atoms with Crippen molar-refractivity contribution in [3.63, 3.8) is 0 Å². The number of aromatic nitrogens is 1. The molecule has 1 aliphatic carbocycles. The van der Waals surface area contributed by atoms with Crippen molar-refractivity contribution >= 4 is 17.5 Å². The van der Waals surface area contributed by atoms with E-state index < -0.39 is 5.97 Å². The van der Waals surface area contributed by atoms with Crippen LogP contribution in [-0.2, 0) is 4.74 Å². The lowest BCUT2D eigenvalue weighted by molar-refractivity contribution is 0.0601. The van der Waals surface area contributed by atoms with Crippen LogP contribution in [0.25, 0.3) is 11.1 Å². The van der Waals surface area contributed by atoms with Crippen molar-refractivity contribution in [2.24, 2.45) is 0 Å². The van der Waals surface area contributed by atoms with Crippen molar-refractivity contribution in [1.82, 2.24) is 4.98 Å². The molecule has 5 heteroatoms. The van der Waals surface area contributed by atoms with Gasteiger partial charge in [-0.25, -0.2) is 4.79 Å². The van der Waals surface area contributed by atoms with Crippen LogP contribution in [0.5, 0.6) is 0 Å². The standard InChI is InChI=1S/C21H13NO4/c1-26-21(25)16-9-5-2-6-12(16)13-10-11-22-18-17(13)19(23)14-7-3-4-8-15(14)20(18)24/h2-11H,1H3. The van der Waals surface area contributed by atoms with Crippen LogP contribution >= 0.6 is 0 Å². The first-order valence-corrected chi connectivity index (χ1v) is 7.98. The summed E-state index contributed by atoms with van der Waals surface area (Å²) in [6.45, 7) is 0. The molecular formula is C21H13NO4. The maximum absolute atomic E-state index is 13.1. The molecule has 1 heterocycles. The number of nitrogens with zero attached hydrogens (tertiary/aromatic N) is 1. The molecular weight excluding hydrogens is 330 g/mol. The second-order valence-corrected chi connectivity index (χ2v) is 5.82. The van der Waals surface area contributed by atoms with Gasteiger partial charge in [0.05, 0.1) is 18.2 Å². The Morgan fingerprint density at radius 1 is 0.808 bits per heavy atom. The maximum atomic E-state index is 13.1. The van der Waals surface area contributed by atoms with E-state index in [1.807, 2.05) is 0 Å². The summed E-state index contributed by atoms with van der Waals surface area (Å²) in [4.78, 5) is 42.2. The molecule has 3 aromatic rings. The Balaban J connectivity index is 2.00. The molecule has 4 rings (SSSR count). The van der Waals surface area contributed by atoms with Crippen molar-refractivity contribution in [3.05, 3.63) is 88.7 Å². The molecule has 126 valence electrons. The number of hydrogen-bond acceptors (Lipinski definition) is 5. The number of carbonyl (C=O) groups is 3. The molecule has 0 radical (unpaired) electrons. The molecule has 0 amide bonds. The fourth-order valence-electron chi connectivity index (χ4n) is 3.24. The highest BCUT2D eigenvalue weighted by molar-refractivity contribution is 6.29. The lowest BCUT2D eigenvalue weighted by atomic mass is 9.82. The second-order valence-electron chi connectivity index (χ2n) is 5.82. The van der Waals surface area contributed by atoms with Crippen LogP contribution in [0.2, 0.25) is 0 Å². The zero-order valence-corrected chi connectivity index (χ0v) is 13.9. The van der Waals surface area contributed by atoms with Crippen molar-refractivity contribution in [1.29, 1.82) is 0 Å². The fourth-order valence-corrected chi connectivity index (χ4v) is 3.24. The maximum Gasteiger partial charge on any atom is 0.338 e. The Morgan fingerprint density at radius 2 is 1.42 bits per heavy atom. The number of methoxy groups -OCH3 is 1. The third kappa shape index (κ3) is 2.25. The number of rotatable bonds is 2. The van der Waals surface area contributed by atoms with E-state index in [1.54, 1.807) is 54.6 Å². The Labute approximate surface area is 149 Å². The van der Waals surface area contributed by atoms with Gasteiger partial charge in [0.1, 0.15) is 5.69 Å². The summed E-state index contributed by atoms with van der Waals surface area (Å²) in [5.41, 5.74) is 2.34. The molecule has 0 atom stereocenters. The van der Waals surface area contributed by atoms with Gasteiger partial charge in [0.25, 0.3) is 0 Å². The second kappa shape index (κ2) is 6.04. The van der Waals surface area contributed by atoms with Crippen LogP contribution in [0.4, 0.5) is 0 Å². The van der Waals surface area contributed by atoms with Gasteiger partial charge in [0, 0.05) is 17.3 Å². The minimum atomic E-state index is -0.513. The van der Waals surface area contributed by atoms with Crippen LogP contribution in [0.1, 0.15) is 42.3 Å². The average Bonchev–Trinajstić information content (AvgIpc) is 2.71. The topological polar surface area (TPSA) is 73.3 Å². The fraction of sp³-hybridized carbons (Fsp3) is 0.0476. The number of esters is 1. The molecule has 0 bridgehead atoms. The Morgan fingerprint density at radius 3 is 2.12 bits per heavy atom. The molecule has 0 fully saturated rings. The molecule has 1 aliphatic rings. The van der Waals surface area contributed by atoms with Crippen molar-refractivity contribution in [3.8, 4) is 11.1 Å². The molecule has 26 heavy (non-hydrogen) atoms. The van der Waals surface area contributed by atoms with E-state index in [9.17, 15) is 14.4 Å². The first kappa shape index (κ1) is 15.9. The average molecular weight is 343 g/mol. The number of benzene rings is 2. The number of fused-ring (bicyclic) bond motifs is 2. The molecule has 2 aromatic carbocycles. The largest absolute Gasteiger partial charge is 0.465 e. The third-order valence-electron chi connectivity index (χ3n) is 4.43. The minimum Gasteiger partial charge on any atom is -0.465 e. The lowest BCUT2D eigenvalue weighted by Gasteiger charge is -2.20. The van der Waals surface area contributed by atoms with Gasteiger partial charge in [-0.05, 0) is 23.3 Å². The summed E-state index contributed by atoms with van der Waals surface area (Å²) in [6, 6.07) is 15.1. The van der Waals surface area contributed by atoms with Crippen LogP contribution in [0.15, 0.2) is 60.8 Å². The highest BCUT2D eigenvalue weighted by Crippen LogP contribution is 2.34. The number of ether oxygens (including phenoxy) is 1. The molecule has 5 nitrogen and oxygen atoms in total. The molecule has 0 spiro atoms. The van der Waals surface area contributed by atoms with Gasteiger partial charge in [-0.3, -0.25) is 14.6 Å². The predicted molar refractivity (Wildman–Crippen MR) is 94.3 cm³/mol. The number of pyridine rings is 1. The van der Waals surface area contributed by atoms with Crippen molar-refractivity contribution in [2.75, 3.05) is 7.11 Å². The van der Waals surface area contributed by atoms with Gasteiger partial charge in [0.15, 0.2) is 5.78 Å². The highest BCUT2D eigenvalue weighted by atomic mass is 16.5. The van der Waals surface area contributed by atoms with E-state index in [0.29, 0.717) is 27.8 Å². The number of ketones is 2. The lowest BCUT2D eigenvalue weighted by Crippen LogP contribution is -2.23. The van der Waals surface area contributed by atoms with Crippen LogP contribution in [0.3, 0.4) is 0 Å². The molecule has 0 N–H and O–H groups in total. The number of hydrogen-bond donors (Lipinski definition) is 0. The monoisotopic (exact) mass is 343 g/mol. The summed E-state index contributed by atoms with van der Waals surface area (Å²) in [5.74, 6) is -1.09. The van der Waals surface area contributed by atoms with Crippen molar-refractivity contribution in [2.45, 2.75) is 0 Å². The zero-order valence-electron chi connectivity index (χ0n) is 13.9. The van der Waals surface area contributed by atoms with Crippen molar-refractivity contribution < 1.29 is 19.1 Å². The minimum absolute atomic E-state index is 0.103. The Bertz CT molecular complexity index is 1080. The van der Waals surface area contributed by atoms with E-state index in [4.69, 9.17) is 4.74 Å². The summed E-state index contributed by atoms with van der Waals surface area (Å²) < 4.78 is 4.84. The van der Waals surface area contributed by atoms with E-state index in [1.165, 1.54) is 13.3 Å². The quantitative estimate of drug-likeness (QED) is 0.522. The molecule has 0 saturated heterocycles. The first-order chi connectivity index (χ1) is 12.6. The highest BCUT2D eigenvalue weighted by Gasteiger charge is 2.33. The van der Waals surface area contributed by atoms with E-state index in [2.05, 4.69) is 4.98 Å². The van der Waals surface area contributed by atoms with E-state index in [-0.39, 0.29) is 22.8 Å². The normalized spacial score (nSPS) is 12.3. The molecule has 1 aromatic heterocycles. The molecule has 0 unspecified atom stereocenters. The van der Waals surface area contributed by atoms with Gasteiger partial charge in [0.2, 0.25) is 5.78 Å². The van der Waals surface area contributed by atoms with Gasteiger partial charge < -0.3 is 4.74 Å². The van der Waals surface area contributed by atoms with Crippen LogP contribution < -0.4 is 0 Å². The van der Waals surface area contributed by atoms with Crippen LogP contribution in [0, 0.1) is 0 Å². The van der Waals surface area contributed by atoms with Gasteiger partial charge >= 0.3 is 5.97 Å². The van der Waals surface area contributed by atoms with E-state index >= 15 is 0 Å². The van der Waals surface area contributed by atoms with Crippen LogP contribution in [-0.4, -0.2) is 29.6 Å².